The number of pyridine rings is 4. The topological polar surface area (TPSA) is 51.6 Å². The molecular weight excluding hydrogens is 805 g/mol. The Morgan fingerprint density at radius 1 is 0.489 bits per heavy atom. The third-order valence-corrected chi connectivity index (χ3v) is 14.3. The Morgan fingerprint density at radius 2 is 0.800 bits per heavy atom. The molecule has 4 nitrogen and oxygen atoms in total. The summed E-state index contributed by atoms with van der Waals surface area (Å²) in [6.07, 6.45) is 7.81. The quantitative estimate of drug-likeness (QED) is 0.133. The van der Waals surface area contributed by atoms with E-state index in [1.54, 1.807) is 0 Å². The van der Waals surface area contributed by atoms with Gasteiger partial charge in [0.15, 0.2) is 0 Å². The average molecular weight is 856 g/mol. The van der Waals surface area contributed by atoms with Gasteiger partial charge in [0.25, 0.3) is 0 Å². The second-order valence-electron chi connectivity index (χ2n) is 12.9. The minimum atomic E-state index is -0.502. The van der Waals surface area contributed by atoms with Crippen LogP contribution < -0.4 is 10.4 Å². The molecule has 0 saturated heterocycles. The summed E-state index contributed by atoms with van der Waals surface area (Å²) in [6, 6.07) is 26.0. The molecule has 4 heterocycles. The fraction of sp³-hybridized carbons (Fsp3) is 0.444. The summed E-state index contributed by atoms with van der Waals surface area (Å²) in [4.78, 5) is 18.0. The number of halogens is 2. The summed E-state index contributed by atoms with van der Waals surface area (Å²) in [7, 11) is -1.00. The first kappa shape index (κ1) is 39.8. The number of rotatable bonds is 12. The van der Waals surface area contributed by atoms with Crippen LogP contribution >= 0.6 is 27.2 Å². The molecule has 0 aliphatic rings. The normalized spacial score (nSPS) is 11.3. The molecule has 0 atom stereocenters. The van der Waals surface area contributed by atoms with Crippen molar-refractivity contribution in [2.45, 2.75) is 79.6 Å². The first-order valence-corrected chi connectivity index (χ1v) is 27.6. The van der Waals surface area contributed by atoms with E-state index in [0.29, 0.717) is 13.2 Å². The molecule has 4 aromatic heterocycles. The third-order valence-electron chi connectivity index (χ3n) is 6.82. The molecule has 9 heteroatoms. The van der Waals surface area contributed by atoms with Gasteiger partial charge in [-0.05, 0) is 70.4 Å². The van der Waals surface area contributed by atoms with Gasteiger partial charge in [0.05, 0.1) is 40.4 Å². The van der Waals surface area contributed by atoms with Gasteiger partial charge < -0.3 is 0 Å². The zero-order chi connectivity index (χ0) is 33.2. The third kappa shape index (κ3) is 15.8. The van der Waals surface area contributed by atoms with E-state index in [9.17, 15) is 0 Å². The molecule has 0 bridgehead atoms. The molecule has 0 aliphatic carbocycles. The number of nitrogens with zero attached hydrogens (tertiary/aromatic N) is 4. The predicted octanol–water partition coefficient (Wildman–Crippen LogP) is 10.0. The molecule has 0 fully saturated rings. The van der Waals surface area contributed by atoms with Crippen LogP contribution in [0.4, 0.5) is 0 Å². The Bertz CT molecular complexity index is 1190. The Hall–Kier alpha value is -1.38. The van der Waals surface area contributed by atoms with Crippen molar-refractivity contribution in [2.75, 3.05) is 0 Å². The van der Waals surface area contributed by atoms with Crippen molar-refractivity contribution in [1.29, 1.82) is 0 Å². The molecule has 4 rings (SSSR count). The molecule has 2 radical (unpaired) electrons. The second kappa shape index (κ2) is 22.2. The molecule has 0 aliphatic heterocycles. The summed E-state index contributed by atoms with van der Waals surface area (Å²) >= 11 is 6.64. The number of hydrogen-bond donors (Lipinski definition) is 0. The molecule has 0 saturated carbocycles. The summed E-state index contributed by atoms with van der Waals surface area (Å²) in [6.45, 7) is 18.6. The maximum atomic E-state index is 4.65. The summed E-state index contributed by atoms with van der Waals surface area (Å²) in [5.74, 6) is 3.03. The van der Waals surface area contributed by atoms with E-state index in [1.165, 1.54) is 34.5 Å². The Kier molecular flexibility index (Phi) is 19.7. The second-order valence-corrected chi connectivity index (χ2v) is 26.2. The van der Waals surface area contributed by atoms with Crippen LogP contribution in [0.1, 0.15) is 55.4 Å². The molecule has 0 amide bonds. The van der Waals surface area contributed by atoms with Crippen molar-refractivity contribution in [2.24, 2.45) is 23.7 Å². The minimum absolute atomic E-state index is 0.335. The molecule has 45 heavy (non-hydrogen) atoms. The fourth-order valence-corrected chi connectivity index (χ4v) is 11.5. The van der Waals surface area contributed by atoms with E-state index in [2.05, 4.69) is 139 Å². The summed E-state index contributed by atoms with van der Waals surface area (Å²) in [5, 5.41) is 2.92. The molecule has 0 spiro atoms. The van der Waals surface area contributed by atoms with Crippen molar-refractivity contribution in [1.82, 2.24) is 19.9 Å². The van der Waals surface area contributed by atoms with Gasteiger partial charge >= 0.3 is 40.5 Å². The fourth-order valence-electron chi connectivity index (χ4n) is 5.15. The van der Waals surface area contributed by atoms with E-state index in [0.717, 1.165) is 46.4 Å². The van der Waals surface area contributed by atoms with Gasteiger partial charge in [-0.25, -0.2) is 0 Å². The van der Waals surface area contributed by atoms with Crippen molar-refractivity contribution < 1.29 is 13.2 Å². The first-order valence-electron chi connectivity index (χ1n) is 15.8. The van der Waals surface area contributed by atoms with E-state index >= 15 is 0 Å². The van der Waals surface area contributed by atoms with E-state index in [4.69, 9.17) is 0 Å². The molecular formula is C36H50Br2N4RuSi2. The van der Waals surface area contributed by atoms with Gasteiger partial charge in [-0.3, -0.25) is 19.9 Å². The van der Waals surface area contributed by atoms with Crippen molar-refractivity contribution >= 4 is 55.2 Å². The van der Waals surface area contributed by atoms with Crippen LogP contribution in [0, 0.1) is 23.7 Å². The van der Waals surface area contributed by atoms with Crippen LogP contribution in [0.2, 0.25) is 24.2 Å². The SMILES string of the molecule is CC(C)C[Si](CC(C)C)c1ccc(-c2ccccn2)nc1.CC(C)C[Si](CC(C)C)c1ccc(-c2ccccn2)nc1.[Br][Ru][Br]. The molecule has 0 unspecified atom stereocenters. The maximum absolute atomic E-state index is 4.65. The molecule has 0 aromatic carbocycles. The monoisotopic (exact) mass is 854 g/mol. The Balaban J connectivity index is 0.000000288. The first-order chi connectivity index (χ1) is 21.5. The Labute approximate surface area is 297 Å². The number of hydrogen-bond acceptors (Lipinski definition) is 4. The zero-order valence-corrected chi connectivity index (χ0v) is 35.0. The van der Waals surface area contributed by atoms with Crippen molar-refractivity contribution in [3.63, 3.8) is 0 Å². The Morgan fingerprint density at radius 3 is 1.02 bits per heavy atom. The van der Waals surface area contributed by atoms with Crippen molar-refractivity contribution in [3.8, 4) is 22.8 Å². The molecule has 4 aromatic rings. The summed E-state index contributed by atoms with van der Waals surface area (Å²) < 4.78 is 0. The van der Waals surface area contributed by atoms with Gasteiger partial charge in [0.2, 0.25) is 0 Å². The average Bonchev–Trinajstić information content (AvgIpc) is 3.01. The van der Waals surface area contributed by atoms with Gasteiger partial charge in [0, 0.05) is 24.8 Å². The van der Waals surface area contributed by atoms with Crippen LogP contribution in [0.15, 0.2) is 85.5 Å². The van der Waals surface area contributed by atoms with Gasteiger partial charge in [0.1, 0.15) is 0 Å². The summed E-state index contributed by atoms with van der Waals surface area (Å²) in [5.41, 5.74) is 3.83. The van der Waals surface area contributed by atoms with E-state index in [1.807, 2.05) is 48.8 Å². The standard InChI is InChI=1S/2C18H25N2Si.2BrH.Ru/c2*1-14(2)12-21(13-15(3)4)16-8-9-18(20-11-16)17-7-5-6-10-19-17;;;/h2*5-11,14-15H,12-13H2,1-4H3;2*1H;/q;;;;+2/p-2. The van der Waals surface area contributed by atoms with Gasteiger partial charge in [-0.2, -0.15) is 0 Å². The van der Waals surface area contributed by atoms with E-state index in [-0.39, 0.29) is 0 Å². The van der Waals surface area contributed by atoms with Crippen LogP contribution in [-0.4, -0.2) is 37.5 Å². The van der Waals surface area contributed by atoms with Gasteiger partial charge in [-0.1, -0.05) is 104 Å². The number of aromatic nitrogens is 4. The van der Waals surface area contributed by atoms with Crippen LogP contribution in [0.25, 0.3) is 22.8 Å². The molecule has 244 valence electrons. The van der Waals surface area contributed by atoms with Crippen LogP contribution in [0.5, 0.6) is 0 Å². The van der Waals surface area contributed by atoms with Gasteiger partial charge in [-0.15, -0.1) is 0 Å². The zero-order valence-electron chi connectivity index (χ0n) is 28.1. The van der Waals surface area contributed by atoms with Crippen LogP contribution in [0.3, 0.4) is 0 Å². The van der Waals surface area contributed by atoms with Crippen molar-refractivity contribution in [3.05, 3.63) is 85.5 Å². The predicted molar refractivity (Wildman–Crippen MR) is 202 cm³/mol. The van der Waals surface area contributed by atoms with Crippen LogP contribution in [-0.2, 0) is 13.2 Å². The molecule has 0 N–H and O–H groups in total. The van der Waals surface area contributed by atoms with E-state index < -0.39 is 17.6 Å².